The minimum atomic E-state index is -0.789. The van der Waals surface area contributed by atoms with E-state index in [0.29, 0.717) is 0 Å². The van der Waals surface area contributed by atoms with Crippen LogP contribution in [0, 0.1) is 4.91 Å². The van der Waals surface area contributed by atoms with Crippen molar-refractivity contribution in [3.05, 3.63) is 4.91 Å². The Hall–Kier alpha value is -0.970. The molecule has 0 aliphatic heterocycles. The summed E-state index contributed by atoms with van der Waals surface area (Å²) in [6, 6.07) is 0. The zero-order chi connectivity index (χ0) is 6.41. The van der Waals surface area contributed by atoms with Gasteiger partial charge in [0.25, 0.3) is 0 Å². The highest BCUT2D eigenvalue weighted by Gasteiger charge is 1.98. The van der Waals surface area contributed by atoms with Crippen molar-refractivity contribution < 1.29 is 14.4 Å². The fraction of sp³-hybridized carbons (Fsp3) is 0.667. The molecule has 0 radical (unpaired) electrons. The topological polar surface area (TPSA) is 65.0 Å². The van der Waals surface area contributed by atoms with Gasteiger partial charge in [0.05, 0.1) is 0 Å². The lowest BCUT2D eigenvalue weighted by Gasteiger charge is -1.88. The van der Waals surface area contributed by atoms with Gasteiger partial charge in [0.2, 0.25) is 0 Å². The Morgan fingerprint density at radius 3 is 2.75 bits per heavy atom. The number of carbonyl (C=O) groups excluding carboxylic acids is 1. The van der Waals surface area contributed by atoms with E-state index in [1.807, 2.05) is 5.34 Å². The van der Waals surface area contributed by atoms with E-state index in [-0.39, 0.29) is 6.61 Å². The van der Waals surface area contributed by atoms with Crippen LogP contribution in [0.1, 0.15) is 0 Å². The first kappa shape index (κ1) is 7.03. The van der Waals surface area contributed by atoms with Gasteiger partial charge in [0, 0.05) is 7.11 Å². The van der Waals surface area contributed by atoms with Crippen LogP contribution in [-0.2, 0) is 14.4 Å². The molecule has 46 valence electrons. The molecule has 0 amide bonds. The van der Waals surface area contributed by atoms with Gasteiger partial charge in [-0.2, -0.15) is 0 Å². The number of hydrogen-bond acceptors (Lipinski definition) is 5. The van der Waals surface area contributed by atoms with Crippen molar-refractivity contribution in [1.82, 2.24) is 0 Å². The second-order valence-electron chi connectivity index (χ2n) is 0.971. The lowest BCUT2D eigenvalue weighted by atomic mass is 10.7. The third kappa shape index (κ3) is 3.23. The van der Waals surface area contributed by atoms with Crippen LogP contribution in [0.3, 0.4) is 0 Å². The molecule has 0 bridgehead atoms. The van der Waals surface area contributed by atoms with Gasteiger partial charge in [-0.3, -0.25) is 4.84 Å². The molecule has 5 heteroatoms. The van der Waals surface area contributed by atoms with E-state index in [9.17, 15) is 4.79 Å². The summed E-state index contributed by atoms with van der Waals surface area (Å²) in [4.78, 5) is 22.7. The van der Waals surface area contributed by atoms with Crippen LogP contribution in [0.4, 0.5) is 0 Å². The minimum absolute atomic E-state index is 0.244. The zero-order valence-corrected chi connectivity index (χ0v) is 4.29. The van der Waals surface area contributed by atoms with E-state index < -0.39 is 5.97 Å². The first-order chi connectivity index (χ1) is 3.81. The molecule has 5 nitrogen and oxygen atoms in total. The normalized spacial score (nSPS) is 8.12. The molecule has 0 aromatic rings. The second-order valence-corrected chi connectivity index (χ2v) is 0.971. The molecule has 0 rings (SSSR count). The van der Waals surface area contributed by atoms with Crippen LogP contribution in [0.15, 0.2) is 5.34 Å². The van der Waals surface area contributed by atoms with Crippen molar-refractivity contribution in [3.63, 3.8) is 0 Å². The Labute approximate surface area is 45.5 Å². The number of hydrogen-bond donors (Lipinski definition) is 0. The van der Waals surface area contributed by atoms with Crippen molar-refractivity contribution in [3.8, 4) is 0 Å². The molecular formula is C3H5NO4. The molecule has 0 aliphatic rings. The summed E-state index contributed by atoms with van der Waals surface area (Å²) in [6.07, 6.45) is 0. The standard InChI is InChI=1S/C3H5NO4/c1-7-2-3(5)8-4-6/h2H2,1H3. The summed E-state index contributed by atoms with van der Waals surface area (Å²) < 4.78 is 4.28. The van der Waals surface area contributed by atoms with E-state index >= 15 is 0 Å². The van der Waals surface area contributed by atoms with Crippen LogP contribution in [-0.4, -0.2) is 19.7 Å². The fourth-order valence-corrected chi connectivity index (χ4v) is 0.186. The molecule has 8 heavy (non-hydrogen) atoms. The Morgan fingerprint density at radius 1 is 1.75 bits per heavy atom. The maximum absolute atomic E-state index is 10.0. The molecule has 0 aromatic heterocycles. The van der Waals surface area contributed by atoms with Gasteiger partial charge in [-0.15, -0.1) is 4.91 Å². The fourth-order valence-electron chi connectivity index (χ4n) is 0.186. The predicted molar refractivity (Wildman–Crippen MR) is 23.8 cm³/mol. The van der Waals surface area contributed by atoms with Gasteiger partial charge in [-0.05, 0) is 0 Å². The average Bonchev–Trinajstić information content (AvgIpc) is 1.68. The number of rotatable bonds is 3. The van der Waals surface area contributed by atoms with Gasteiger partial charge in [0.1, 0.15) is 6.61 Å². The highest BCUT2D eigenvalue weighted by atomic mass is 16.8. The quantitative estimate of drug-likeness (QED) is 0.383. The summed E-state index contributed by atoms with van der Waals surface area (Å²) in [6.45, 7) is -0.244. The Morgan fingerprint density at radius 2 is 2.38 bits per heavy atom. The van der Waals surface area contributed by atoms with E-state index in [1.165, 1.54) is 7.11 Å². The highest BCUT2D eigenvalue weighted by molar-refractivity contribution is 5.70. The van der Waals surface area contributed by atoms with Crippen molar-refractivity contribution in [2.75, 3.05) is 13.7 Å². The molecule has 0 saturated heterocycles. The highest BCUT2D eigenvalue weighted by Crippen LogP contribution is 1.76. The second kappa shape index (κ2) is 4.20. The molecular weight excluding hydrogens is 114 g/mol. The lowest BCUT2D eigenvalue weighted by Crippen LogP contribution is -2.06. The number of ether oxygens (including phenoxy) is 1. The molecule has 0 unspecified atom stereocenters. The number of carbonyl (C=O) groups is 1. The molecule has 0 saturated carbocycles. The summed E-state index contributed by atoms with van der Waals surface area (Å²) in [7, 11) is 1.31. The summed E-state index contributed by atoms with van der Waals surface area (Å²) in [5, 5.41) is 1.87. The van der Waals surface area contributed by atoms with Gasteiger partial charge >= 0.3 is 5.97 Å². The smallest absolute Gasteiger partial charge is 0.363 e. The van der Waals surface area contributed by atoms with E-state index in [2.05, 4.69) is 9.57 Å². The molecule has 0 N–H and O–H groups in total. The predicted octanol–water partition coefficient (Wildman–Crippen LogP) is -0.143. The van der Waals surface area contributed by atoms with E-state index in [1.54, 1.807) is 0 Å². The van der Waals surface area contributed by atoms with Crippen molar-refractivity contribution >= 4 is 5.97 Å². The van der Waals surface area contributed by atoms with Gasteiger partial charge in [-0.25, -0.2) is 4.79 Å². The molecule has 0 heterocycles. The molecule has 0 spiro atoms. The Kier molecular flexibility index (Phi) is 3.69. The summed E-state index contributed by atoms with van der Waals surface area (Å²) >= 11 is 0. The molecule has 0 aromatic carbocycles. The van der Waals surface area contributed by atoms with Crippen LogP contribution >= 0.6 is 0 Å². The zero-order valence-electron chi connectivity index (χ0n) is 4.29. The van der Waals surface area contributed by atoms with Crippen molar-refractivity contribution in [2.45, 2.75) is 0 Å². The van der Waals surface area contributed by atoms with E-state index in [0.717, 1.165) is 0 Å². The average molecular weight is 119 g/mol. The van der Waals surface area contributed by atoms with Gasteiger partial charge < -0.3 is 4.74 Å². The molecule has 0 fully saturated rings. The van der Waals surface area contributed by atoms with Gasteiger partial charge in [0.15, 0.2) is 5.34 Å². The minimum Gasteiger partial charge on any atom is -0.373 e. The largest absolute Gasteiger partial charge is 0.373 e. The first-order valence-electron chi connectivity index (χ1n) is 1.82. The molecule has 0 aliphatic carbocycles. The maximum Gasteiger partial charge on any atom is 0.363 e. The van der Waals surface area contributed by atoms with E-state index in [4.69, 9.17) is 4.91 Å². The monoisotopic (exact) mass is 119 g/mol. The molecule has 0 atom stereocenters. The third-order valence-electron chi connectivity index (χ3n) is 0.401. The van der Waals surface area contributed by atoms with Crippen LogP contribution in [0.2, 0.25) is 0 Å². The number of nitrogens with zero attached hydrogens (tertiary/aromatic N) is 1. The van der Waals surface area contributed by atoms with Crippen LogP contribution in [0.5, 0.6) is 0 Å². The van der Waals surface area contributed by atoms with Gasteiger partial charge in [-0.1, -0.05) is 0 Å². The summed E-state index contributed by atoms with van der Waals surface area (Å²) in [5.74, 6) is -0.789. The maximum atomic E-state index is 10.0. The lowest BCUT2D eigenvalue weighted by molar-refractivity contribution is -0.148. The van der Waals surface area contributed by atoms with Crippen LogP contribution < -0.4 is 0 Å². The van der Waals surface area contributed by atoms with Crippen molar-refractivity contribution in [1.29, 1.82) is 0 Å². The third-order valence-corrected chi connectivity index (χ3v) is 0.401. The van der Waals surface area contributed by atoms with Crippen LogP contribution in [0.25, 0.3) is 0 Å². The number of methoxy groups -OCH3 is 1. The SMILES string of the molecule is COCC(=O)ON=O. The van der Waals surface area contributed by atoms with Crippen molar-refractivity contribution in [2.24, 2.45) is 5.34 Å². The Balaban J connectivity index is 3.18. The first-order valence-corrected chi connectivity index (χ1v) is 1.82. The Bertz CT molecular complexity index is 91.3. The summed E-state index contributed by atoms with van der Waals surface area (Å²) in [5.41, 5.74) is 0.